The van der Waals surface area contributed by atoms with E-state index in [0.29, 0.717) is 24.7 Å². The third-order valence-corrected chi connectivity index (χ3v) is 3.70. The van der Waals surface area contributed by atoms with Crippen LogP contribution in [0.25, 0.3) is 0 Å². The molecular weight excluding hydrogens is 272 g/mol. The zero-order valence-electron chi connectivity index (χ0n) is 14.0. The lowest BCUT2D eigenvalue weighted by atomic mass is 9.94. The van der Waals surface area contributed by atoms with Crippen molar-refractivity contribution in [2.45, 2.75) is 64.6 Å². The fourth-order valence-corrected chi connectivity index (χ4v) is 1.94. The van der Waals surface area contributed by atoms with Crippen molar-refractivity contribution in [1.29, 1.82) is 0 Å². The zero-order chi connectivity index (χ0) is 16.5. The molecule has 0 aromatic carbocycles. The van der Waals surface area contributed by atoms with Gasteiger partial charge >= 0.3 is 0 Å². The van der Waals surface area contributed by atoms with Crippen molar-refractivity contribution in [2.75, 3.05) is 26.4 Å². The van der Waals surface area contributed by atoms with Crippen LogP contribution in [0.3, 0.4) is 0 Å². The highest BCUT2D eigenvalue weighted by Crippen LogP contribution is 2.20. The van der Waals surface area contributed by atoms with Crippen LogP contribution < -0.4 is 0 Å². The molecule has 21 heavy (non-hydrogen) atoms. The summed E-state index contributed by atoms with van der Waals surface area (Å²) in [6, 6.07) is 0. The first-order valence-electron chi connectivity index (χ1n) is 7.90. The van der Waals surface area contributed by atoms with Gasteiger partial charge in [-0.05, 0) is 37.5 Å². The molecule has 0 radical (unpaired) electrons. The molecule has 0 aromatic heterocycles. The number of aliphatic hydroxyl groups excluding tert-OH is 2. The highest BCUT2D eigenvalue weighted by atomic mass is 16.5. The highest BCUT2D eigenvalue weighted by Gasteiger charge is 2.30. The first-order valence-corrected chi connectivity index (χ1v) is 7.90. The lowest BCUT2D eigenvalue weighted by Gasteiger charge is -2.30. The lowest BCUT2D eigenvalue weighted by Crippen LogP contribution is -2.44. The normalized spacial score (nSPS) is 18.0. The van der Waals surface area contributed by atoms with Gasteiger partial charge in [0.1, 0.15) is 11.2 Å². The van der Waals surface area contributed by atoms with Gasteiger partial charge in [0.15, 0.2) is 0 Å². The SMILES string of the molecule is CC(C)CCC(O)(CO)COCC(O)(CO)CCC(C)C. The first kappa shape index (κ1) is 20.8. The lowest BCUT2D eigenvalue weighted by molar-refractivity contribution is -0.130. The molecule has 0 saturated heterocycles. The van der Waals surface area contributed by atoms with E-state index in [-0.39, 0.29) is 26.4 Å². The summed E-state index contributed by atoms with van der Waals surface area (Å²) in [5.41, 5.74) is -2.56. The molecule has 0 fully saturated rings. The van der Waals surface area contributed by atoms with Crippen LogP contribution in [0.2, 0.25) is 0 Å². The summed E-state index contributed by atoms with van der Waals surface area (Å²) in [4.78, 5) is 0. The molecule has 0 aliphatic rings. The van der Waals surface area contributed by atoms with Crippen LogP contribution in [0.1, 0.15) is 53.4 Å². The second kappa shape index (κ2) is 9.74. The second-order valence-electron chi connectivity index (χ2n) is 7.12. The smallest absolute Gasteiger partial charge is 0.111 e. The topological polar surface area (TPSA) is 90.2 Å². The average molecular weight is 306 g/mol. The third-order valence-electron chi connectivity index (χ3n) is 3.70. The summed E-state index contributed by atoms with van der Waals surface area (Å²) >= 11 is 0. The van der Waals surface area contributed by atoms with Gasteiger partial charge in [0.25, 0.3) is 0 Å². The molecule has 5 nitrogen and oxygen atoms in total. The van der Waals surface area contributed by atoms with Crippen molar-refractivity contribution in [1.82, 2.24) is 0 Å². The number of ether oxygens (including phenoxy) is 1. The minimum atomic E-state index is -1.28. The molecule has 0 bridgehead atoms. The molecule has 0 aliphatic carbocycles. The molecule has 0 aromatic rings. The molecule has 0 heterocycles. The van der Waals surface area contributed by atoms with Gasteiger partial charge in [-0.1, -0.05) is 27.7 Å². The summed E-state index contributed by atoms with van der Waals surface area (Å²) in [6.45, 7) is 7.38. The quantitative estimate of drug-likeness (QED) is 0.437. The monoisotopic (exact) mass is 306 g/mol. The van der Waals surface area contributed by atoms with E-state index in [2.05, 4.69) is 27.7 Å². The van der Waals surface area contributed by atoms with Gasteiger partial charge < -0.3 is 25.2 Å². The van der Waals surface area contributed by atoms with E-state index >= 15 is 0 Å². The maximum atomic E-state index is 10.2. The van der Waals surface area contributed by atoms with Gasteiger partial charge in [0.05, 0.1) is 26.4 Å². The Kier molecular flexibility index (Phi) is 9.65. The predicted molar refractivity (Wildman–Crippen MR) is 83.0 cm³/mol. The van der Waals surface area contributed by atoms with Crippen LogP contribution in [0.15, 0.2) is 0 Å². The van der Waals surface area contributed by atoms with Gasteiger partial charge in [-0.2, -0.15) is 0 Å². The number of hydrogen-bond donors (Lipinski definition) is 4. The third kappa shape index (κ3) is 9.42. The number of aliphatic hydroxyl groups is 4. The first-order chi connectivity index (χ1) is 9.66. The number of rotatable bonds is 12. The summed E-state index contributed by atoms with van der Waals surface area (Å²) in [6.07, 6.45) is 2.48. The minimum absolute atomic E-state index is 0.0415. The van der Waals surface area contributed by atoms with Crippen molar-refractivity contribution in [3.05, 3.63) is 0 Å². The molecule has 0 rings (SSSR count). The van der Waals surface area contributed by atoms with Crippen molar-refractivity contribution in [3.63, 3.8) is 0 Å². The van der Waals surface area contributed by atoms with Crippen molar-refractivity contribution < 1.29 is 25.2 Å². The van der Waals surface area contributed by atoms with Crippen LogP contribution in [-0.4, -0.2) is 58.1 Å². The Morgan fingerprint density at radius 2 is 1.10 bits per heavy atom. The molecule has 0 amide bonds. The van der Waals surface area contributed by atoms with Gasteiger partial charge in [-0.15, -0.1) is 0 Å². The zero-order valence-corrected chi connectivity index (χ0v) is 14.0. The highest BCUT2D eigenvalue weighted by molar-refractivity contribution is 4.81. The van der Waals surface area contributed by atoms with Crippen LogP contribution in [0.5, 0.6) is 0 Å². The summed E-state index contributed by atoms with van der Waals surface area (Å²) < 4.78 is 5.39. The summed E-state index contributed by atoms with van der Waals surface area (Å²) in [5, 5.41) is 39.1. The van der Waals surface area contributed by atoms with Crippen molar-refractivity contribution >= 4 is 0 Å². The summed E-state index contributed by atoms with van der Waals surface area (Å²) in [5.74, 6) is 0.868. The Bertz CT molecular complexity index is 243. The Balaban J connectivity index is 4.27. The molecule has 0 aliphatic heterocycles. The molecule has 2 unspecified atom stereocenters. The molecule has 5 heteroatoms. The van der Waals surface area contributed by atoms with E-state index < -0.39 is 11.2 Å². The van der Waals surface area contributed by atoms with E-state index in [1.54, 1.807) is 0 Å². The number of hydrogen-bond acceptors (Lipinski definition) is 5. The Labute approximate surface area is 129 Å². The molecule has 2 atom stereocenters. The minimum Gasteiger partial charge on any atom is -0.393 e. The Morgan fingerprint density at radius 3 is 1.33 bits per heavy atom. The fraction of sp³-hybridized carbons (Fsp3) is 1.00. The fourth-order valence-electron chi connectivity index (χ4n) is 1.94. The maximum Gasteiger partial charge on any atom is 0.111 e. The molecule has 4 N–H and O–H groups in total. The van der Waals surface area contributed by atoms with E-state index in [0.717, 1.165) is 12.8 Å². The molecule has 128 valence electrons. The van der Waals surface area contributed by atoms with Crippen LogP contribution >= 0.6 is 0 Å². The van der Waals surface area contributed by atoms with E-state index in [1.165, 1.54) is 0 Å². The Hall–Kier alpha value is -0.200. The second-order valence-corrected chi connectivity index (χ2v) is 7.12. The van der Waals surface area contributed by atoms with Gasteiger partial charge in [-0.3, -0.25) is 0 Å². The van der Waals surface area contributed by atoms with Gasteiger partial charge in [0, 0.05) is 0 Å². The molecule has 0 spiro atoms. The largest absolute Gasteiger partial charge is 0.393 e. The van der Waals surface area contributed by atoms with Crippen LogP contribution in [-0.2, 0) is 4.74 Å². The van der Waals surface area contributed by atoms with Gasteiger partial charge in [0.2, 0.25) is 0 Å². The molecular formula is C16H34O5. The summed E-state index contributed by atoms with van der Waals surface area (Å²) in [7, 11) is 0. The van der Waals surface area contributed by atoms with E-state index in [4.69, 9.17) is 4.74 Å². The van der Waals surface area contributed by atoms with Gasteiger partial charge in [-0.25, -0.2) is 0 Å². The van der Waals surface area contributed by atoms with Crippen LogP contribution in [0, 0.1) is 11.8 Å². The molecule has 0 saturated carbocycles. The Morgan fingerprint density at radius 1 is 0.762 bits per heavy atom. The van der Waals surface area contributed by atoms with E-state index in [9.17, 15) is 20.4 Å². The average Bonchev–Trinajstić information content (AvgIpc) is 2.43. The standard InChI is InChI=1S/C16H34O5/c1-13(2)5-7-15(19,9-17)11-21-12-16(20,10-18)8-6-14(3)4/h13-14,17-20H,5-12H2,1-4H3. The predicted octanol–water partition coefficient (Wildman–Crippen LogP) is 1.32. The maximum absolute atomic E-state index is 10.2. The van der Waals surface area contributed by atoms with E-state index in [1.807, 2.05) is 0 Å². The van der Waals surface area contributed by atoms with Crippen LogP contribution in [0.4, 0.5) is 0 Å². The van der Waals surface area contributed by atoms with Crippen molar-refractivity contribution in [3.8, 4) is 0 Å². The van der Waals surface area contributed by atoms with Crippen molar-refractivity contribution in [2.24, 2.45) is 11.8 Å².